The van der Waals surface area contributed by atoms with Gasteiger partial charge in [0.15, 0.2) is 17.4 Å². The van der Waals surface area contributed by atoms with Crippen LogP contribution in [0, 0.1) is 0 Å². The molecule has 0 rings (SSSR count). The number of hydrogen-bond donors (Lipinski definition) is 2. The number of unbranched alkanes of at least 4 members (excludes halogenated alkanes) is 8. The summed E-state index contributed by atoms with van der Waals surface area (Å²) in [5.41, 5.74) is 0. The second kappa shape index (κ2) is 18.8. The van der Waals surface area contributed by atoms with Crippen LogP contribution in [0.4, 0.5) is 0 Å². The van der Waals surface area contributed by atoms with Gasteiger partial charge in [-0.3, -0.25) is 4.79 Å². The first kappa shape index (κ1) is 24.0. The van der Waals surface area contributed by atoms with E-state index >= 15 is 0 Å². The average molecular weight is 328 g/mol. The van der Waals surface area contributed by atoms with Gasteiger partial charge in [0.05, 0.1) is 6.10 Å². The van der Waals surface area contributed by atoms with Gasteiger partial charge in [-0.15, -0.1) is 0 Å². The monoisotopic (exact) mass is 328 g/mol. The average Bonchev–Trinajstić information content (AvgIpc) is 2.45. The third-order valence-corrected chi connectivity index (χ3v) is 3.73. The molecule has 4 heteroatoms. The number of carboxylic acid groups (broad SMARTS) is 1. The quantitative estimate of drug-likeness (QED) is 0.272. The summed E-state index contributed by atoms with van der Waals surface area (Å²) in [4.78, 5) is 10.3. The van der Waals surface area contributed by atoms with Crippen molar-refractivity contribution in [2.24, 2.45) is 0 Å². The van der Waals surface area contributed by atoms with Gasteiger partial charge in [-0.2, -0.15) is 0 Å². The summed E-state index contributed by atoms with van der Waals surface area (Å²) in [5, 5.41) is 18.3. The Morgan fingerprint density at radius 3 is 2.27 bits per heavy atom. The number of carbonyl (C=O) groups is 1. The zero-order valence-corrected chi connectivity index (χ0v) is 13.7. The van der Waals surface area contributed by atoms with E-state index in [1.807, 2.05) is 0 Å². The molecule has 0 aliphatic heterocycles. The summed E-state index contributed by atoms with van der Waals surface area (Å²) in [6.07, 6.45) is 17.4. The maximum atomic E-state index is 10.3. The van der Waals surface area contributed by atoms with Gasteiger partial charge in [0, 0.05) is 6.42 Å². The number of aliphatic hydroxyl groups excluding tert-OH is 1. The standard InChI is InChI=1S/C18H34O3.Al.3H/c1-2-3-4-11-14-17(19)15-12-9-7-5-6-8-10-13-16-18(20)21;;;;/h9,12,17,19H,2-8,10-11,13-16H2,1H3,(H,20,21);;;;/b12-9-;;;;. The van der Waals surface area contributed by atoms with E-state index in [1.165, 1.54) is 25.7 Å². The molecule has 0 spiro atoms. The van der Waals surface area contributed by atoms with Crippen LogP contribution in [0.5, 0.6) is 0 Å². The molecule has 0 aliphatic rings. The van der Waals surface area contributed by atoms with E-state index in [0.29, 0.717) is 6.42 Å². The fraction of sp³-hybridized carbons (Fsp3) is 0.833. The molecule has 0 saturated carbocycles. The van der Waals surface area contributed by atoms with E-state index in [4.69, 9.17) is 5.11 Å². The summed E-state index contributed by atoms with van der Waals surface area (Å²) in [5.74, 6) is -0.689. The predicted octanol–water partition coefficient (Wildman–Crippen LogP) is 3.90. The molecule has 2 N–H and O–H groups in total. The SMILES string of the molecule is CCCCCCC(O)C/C=C\CCCCCCCC(=O)O.[AlH3]. The van der Waals surface area contributed by atoms with E-state index in [2.05, 4.69) is 19.1 Å². The molecular weight excluding hydrogens is 291 g/mol. The normalized spacial score (nSPS) is 12.3. The first-order chi connectivity index (χ1) is 10.2. The van der Waals surface area contributed by atoms with Crippen molar-refractivity contribution in [3.05, 3.63) is 12.2 Å². The Morgan fingerprint density at radius 2 is 1.59 bits per heavy atom. The minimum atomic E-state index is -0.689. The molecule has 0 saturated heterocycles. The van der Waals surface area contributed by atoms with Gasteiger partial charge >= 0.3 is 5.97 Å². The zero-order chi connectivity index (χ0) is 15.8. The summed E-state index contributed by atoms with van der Waals surface area (Å²) in [7, 11) is 0. The largest absolute Gasteiger partial charge is 0.481 e. The van der Waals surface area contributed by atoms with Crippen molar-refractivity contribution in [2.75, 3.05) is 0 Å². The predicted molar refractivity (Wildman–Crippen MR) is 98.4 cm³/mol. The molecule has 3 nitrogen and oxygen atoms in total. The number of aliphatic hydroxyl groups is 1. The number of hydrogen-bond acceptors (Lipinski definition) is 2. The molecule has 0 aromatic rings. The Kier molecular flexibility index (Phi) is 20.4. The summed E-state index contributed by atoms with van der Waals surface area (Å²) in [6.45, 7) is 2.20. The van der Waals surface area contributed by atoms with Gasteiger partial charge in [-0.25, -0.2) is 0 Å². The van der Waals surface area contributed by atoms with Crippen molar-refractivity contribution in [2.45, 2.75) is 96.5 Å². The van der Waals surface area contributed by atoms with Crippen molar-refractivity contribution >= 4 is 23.3 Å². The highest BCUT2D eigenvalue weighted by atomic mass is 27.0. The second-order valence-corrected chi connectivity index (χ2v) is 5.91. The highest BCUT2D eigenvalue weighted by molar-refractivity contribution is 5.75. The summed E-state index contributed by atoms with van der Waals surface area (Å²) in [6, 6.07) is 0. The first-order valence-corrected chi connectivity index (χ1v) is 8.71. The van der Waals surface area contributed by atoms with Crippen LogP contribution in [-0.2, 0) is 4.79 Å². The number of carboxylic acids is 1. The number of allylic oxidation sites excluding steroid dienone is 1. The highest BCUT2D eigenvalue weighted by Crippen LogP contribution is 2.10. The van der Waals surface area contributed by atoms with E-state index < -0.39 is 5.97 Å². The molecule has 0 aromatic heterocycles. The molecule has 0 fully saturated rings. The summed E-state index contributed by atoms with van der Waals surface area (Å²) < 4.78 is 0. The van der Waals surface area contributed by atoms with Gasteiger partial charge in [0.1, 0.15) is 0 Å². The van der Waals surface area contributed by atoms with Gasteiger partial charge in [0.25, 0.3) is 0 Å². The maximum Gasteiger partial charge on any atom is 0.303 e. The smallest absolute Gasteiger partial charge is 0.303 e. The first-order valence-electron chi connectivity index (χ1n) is 8.71. The Balaban J connectivity index is 0. The third kappa shape index (κ3) is 19.7. The molecule has 130 valence electrons. The molecule has 0 heterocycles. The number of aliphatic carboxylic acids is 1. The Hall–Kier alpha value is -0.298. The lowest BCUT2D eigenvalue weighted by Gasteiger charge is -2.07. The molecule has 22 heavy (non-hydrogen) atoms. The van der Waals surface area contributed by atoms with Crippen LogP contribution in [0.3, 0.4) is 0 Å². The fourth-order valence-electron chi connectivity index (χ4n) is 2.36. The highest BCUT2D eigenvalue weighted by Gasteiger charge is 2.00. The lowest BCUT2D eigenvalue weighted by atomic mass is 10.1. The van der Waals surface area contributed by atoms with E-state index in [-0.39, 0.29) is 23.5 Å². The van der Waals surface area contributed by atoms with Crippen LogP contribution in [0.25, 0.3) is 0 Å². The molecular formula is C18H37AlO3. The second-order valence-electron chi connectivity index (χ2n) is 5.91. The Labute approximate surface area is 147 Å². The molecule has 1 unspecified atom stereocenters. The van der Waals surface area contributed by atoms with Crippen molar-refractivity contribution in [1.29, 1.82) is 0 Å². The topological polar surface area (TPSA) is 57.5 Å². The number of rotatable bonds is 15. The van der Waals surface area contributed by atoms with Gasteiger partial charge in [-0.1, -0.05) is 64.0 Å². The lowest BCUT2D eigenvalue weighted by Crippen LogP contribution is -2.04. The zero-order valence-electron chi connectivity index (χ0n) is 13.7. The van der Waals surface area contributed by atoms with Crippen LogP contribution in [0.15, 0.2) is 12.2 Å². The molecule has 0 radical (unpaired) electrons. The molecule has 0 bridgehead atoms. The van der Waals surface area contributed by atoms with E-state index in [1.54, 1.807) is 0 Å². The van der Waals surface area contributed by atoms with Crippen molar-refractivity contribution < 1.29 is 15.0 Å². The van der Waals surface area contributed by atoms with Crippen molar-refractivity contribution in [3.8, 4) is 0 Å². The fourth-order valence-corrected chi connectivity index (χ4v) is 2.36. The van der Waals surface area contributed by atoms with Crippen LogP contribution < -0.4 is 0 Å². The Morgan fingerprint density at radius 1 is 0.955 bits per heavy atom. The third-order valence-electron chi connectivity index (χ3n) is 3.73. The van der Waals surface area contributed by atoms with Crippen LogP contribution in [0.1, 0.15) is 90.4 Å². The van der Waals surface area contributed by atoms with Crippen LogP contribution in [0.2, 0.25) is 0 Å². The molecule has 0 aliphatic carbocycles. The van der Waals surface area contributed by atoms with E-state index in [0.717, 1.165) is 51.4 Å². The minimum Gasteiger partial charge on any atom is -0.481 e. The summed E-state index contributed by atoms with van der Waals surface area (Å²) >= 11 is 0. The lowest BCUT2D eigenvalue weighted by molar-refractivity contribution is -0.137. The Bertz CT molecular complexity index is 267. The van der Waals surface area contributed by atoms with Crippen LogP contribution >= 0.6 is 0 Å². The molecule has 1 atom stereocenters. The van der Waals surface area contributed by atoms with E-state index in [9.17, 15) is 9.90 Å². The maximum absolute atomic E-state index is 10.3. The van der Waals surface area contributed by atoms with Gasteiger partial charge in [-0.05, 0) is 32.1 Å². The van der Waals surface area contributed by atoms with Gasteiger partial charge < -0.3 is 10.2 Å². The molecule has 0 aromatic carbocycles. The van der Waals surface area contributed by atoms with Crippen molar-refractivity contribution in [3.63, 3.8) is 0 Å². The minimum absolute atomic E-state index is 0. The van der Waals surface area contributed by atoms with Crippen molar-refractivity contribution in [1.82, 2.24) is 0 Å². The van der Waals surface area contributed by atoms with Gasteiger partial charge in [0.2, 0.25) is 0 Å². The van der Waals surface area contributed by atoms with Crippen LogP contribution in [-0.4, -0.2) is 39.6 Å². The molecule has 0 amide bonds.